The van der Waals surface area contributed by atoms with E-state index in [2.05, 4.69) is 33.2 Å². The number of likely N-dealkylation sites (N-methyl/N-ethyl adjacent to an activating group) is 1. The Kier molecular flexibility index (Phi) is 4.60. The smallest absolute Gasteiger partial charge is 0.247 e. The molecule has 0 bridgehead atoms. The first-order chi connectivity index (χ1) is 11.2. The molecular weight excluding hydrogens is 290 g/mol. The van der Waals surface area contributed by atoms with Crippen LogP contribution in [0.25, 0.3) is 0 Å². The van der Waals surface area contributed by atoms with E-state index in [9.17, 15) is 4.79 Å². The van der Waals surface area contributed by atoms with Crippen molar-refractivity contribution in [2.24, 2.45) is 0 Å². The molecule has 0 radical (unpaired) electrons. The standard InChI is InChI=1S/C17H23N5O/c1-14(22-13-18-12-19-22)17(23)20(2)11-15-7-3-4-8-16(15)21-9-5-6-10-21/h3-4,7-8,12-14H,5-6,9-11H2,1-2H3/t14-/m0/s1. The highest BCUT2D eigenvalue weighted by atomic mass is 16.2. The fourth-order valence-corrected chi connectivity index (χ4v) is 3.09. The zero-order valence-corrected chi connectivity index (χ0v) is 13.7. The quantitative estimate of drug-likeness (QED) is 0.848. The van der Waals surface area contributed by atoms with Crippen molar-refractivity contribution in [3.8, 4) is 0 Å². The van der Waals surface area contributed by atoms with Gasteiger partial charge in [0.2, 0.25) is 5.91 Å². The molecule has 3 rings (SSSR count). The molecule has 2 heterocycles. The summed E-state index contributed by atoms with van der Waals surface area (Å²) in [6, 6.07) is 8.02. The maximum atomic E-state index is 12.6. The average molecular weight is 313 g/mol. The molecule has 6 heteroatoms. The van der Waals surface area contributed by atoms with Gasteiger partial charge in [0.25, 0.3) is 0 Å². The molecule has 122 valence electrons. The van der Waals surface area contributed by atoms with Gasteiger partial charge in [0, 0.05) is 32.4 Å². The molecule has 0 spiro atoms. The number of nitrogens with zero attached hydrogens (tertiary/aromatic N) is 5. The lowest BCUT2D eigenvalue weighted by Gasteiger charge is -2.26. The Morgan fingerprint density at radius 1 is 1.30 bits per heavy atom. The zero-order chi connectivity index (χ0) is 16.2. The van der Waals surface area contributed by atoms with E-state index in [1.54, 1.807) is 15.9 Å². The van der Waals surface area contributed by atoms with E-state index in [1.807, 2.05) is 20.0 Å². The SMILES string of the molecule is C[C@@H](C(=O)N(C)Cc1ccccc1N1CCCC1)n1cncn1. The van der Waals surface area contributed by atoms with Gasteiger partial charge in [-0.2, -0.15) is 5.10 Å². The molecule has 0 saturated carbocycles. The van der Waals surface area contributed by atoms with Crippen molar-refractivity contribution in [1.82, 2.24) is 19.7 Å². The maximum absolute atomic E-state index is 12.6. The number of aromatic nitrogens is 3. The van der Waals surface area contributed by atoms with Crippen molar-refractivity contribution < 1.29 is 4.79 Å². The largest absolute Gasteiger partial charge is 0.371 e. The molecule has 23 heavy (non-hydrogen) atoms. The minimum absolute atomic E-state index is 0.0340. The fraction of sp³-hybridized carbons (Fsp3) is 0.471. The van der Waals surface area contributed by atoms with Crippen LogP contribution in [-0.2, 0) is 11.3 Å². The lowest BCUT2D eigenvalue weighted by Crippen LogP contribution is -2.33. The van der Waals surface area contributed by atoms with E-state index in [-0.39, 0.29) is 11.9 Å². The van der Waals surface area contributed by atoms with E-state index >= 15 is 0 Å². The summed E-state index contributed by atoms with van der Waals surface area (Å²) in [7, 11) is 1.84. The Morgan fingerprint density at radius 2 is 2.04 bits per heavy atom. The summed E-state index contributed by atoms with van der Waals surface area (Å²) in [6.45, 7) is 4.65. The molecule has 1 fully saturated rings. The van der Waals surface area contributed by atoms with E-state index in [0.29, 0.717) is 6.54 Å². The van der Waals surface area contributed by atoms with Crippen molar-refractivity contribution in [2.75, 3.05) is 25.0 Å². The van der Waals surface area contributed by atoms with Gasteiger partial charge >= 0.3 is 0 Å². The Morgan fingerprint density at radius 3 is 2.74 bits per heavy atom. The highest BCUT2D eigenvalue weighted by Gasteiger charge is 2.22. The summed E-state index contributed by atoms with van der Waals surface area (Å²) >= 11 is 0. The lowest BCUT2D eigenvalue weighted by atomic mass is 10.1. The molecule has 1 amide bonds. The number of carbonyl (C=O) groups excluding carboxylic acids is 1. The van der Waals surface area contributed by atoms with Crippen molar-refractivity contribution in [3.05, 3.63) is 42.5 Å². The topological polar surface area (TPSA) is 54.3 Å². The van der Waals surface area contributed by atoms with Crippen LogP contribution in [0.3, 0.4) is 0 Å². The molecule has 2 aromatic rings. The number of para-hydroxylation sites is 1. The van der Waals surface area contributed by atoms with Crippen LogP contribution in [-0.4, -0.2) is 45.7 Å². The summed E-state index contributed by atoms with van der Waals surface area (Å²) < 4.78 is 1.59. The summed E-state index contributed by atoms with van der Waals surface area (Å²) in [5.41, 5.74) is 2.44. The second kappa shape index (κ2) is 6.81. The highest BCUT2D eigenvalue weighted by Crippen LogP contribution is 2.25. The van der Waals surface area contributed by atoms with Crippen LogP contribution in [0.5, 0.6) is 0 Å². The maximum Gasteiger partial charge on any atom is 0.247 e. The van der Waals surface area contributed by atoms with Crippen molar-refractivity contribution in [2.45, 2.75) is 32.4 Å². The van der Waals surface area contributed by atoms with Gasteiger partial charge in [-0.3, -0.25) is 4.79 Å². The second-order valence-electron chi connectivity index (χ2n) is 6.07. The number of hydrogen-bond acceptors (Lipinski definition) is 4. The van der Waals surface area contributed by atoms with Crippen LogP contribution in [0.15, 0.2) is 36.9 Å². The van der Waals surface area contributed by atoms with E-state index in [1.165, 1.54) is 30.4 Å². The molecule has 1 aliphatic rings. The molecule has 1 aliphatic heterocycles. The van der Waals surface area contributed by atoms with Gasteiger partial charge in [0.1, 0.15) is 18.7 Å². The van der Waals surface area contributed by atoms with Crippen molar-refractivity contribution in [1.29, 1.82) is 0 Å². The molecular formula is C17H23N5O. The van der Waals surface area contributed by atoms with Gasteiger partial charge in [-0.05, 0) is 31.4 Å². The third kappa shape index (κ3) is 3.36. The molecule has 0 N–H and O–H groups in total. The Hall–Kier alpha value is -2.37. The predicted octanol–water partition coefficient (Wildman–Crippen LogP) is 2.10. The Bertz CT molecular complexity index is 649. The lowest BCUT2D eigenvalue weighted by molar-refractivity contribution is -0.133. The predicted molar refractivity (Wildman–Crippen MR) is 89.1 cm³/mol. The van der Waals surface area contributed by atoms with Crippen molar-refractivity contribution in [3.63, 3.8) is 0 Å². The van der Waals surface area contributed by atoms with Gasteiger partial charge in [0.05, 0.1) is 0 Å². The molecule has 1 aromatic carbocycles. The van der Waals surface area contributed by atoms with E-state index < -0.39 is 0 Å². The molecule has 0 aliphatic carbocycles. The fourth-order valence-electron chi connectivity index (χ4n) is 3.09. The van der Waals surface area contributed by atoms with Crippen LogP contribution < -0.4 is 4.90 Å². The minimum Gasteiger partial charge on any atom is -0.371 e. The Balaban J connectivity index is 1.72. The molecule has 1 aromatic heterocycles. The first-order valence-corrected chi connectivity index (χ1v) is 8.09. The van der Waals surface area contributed by atoms with Crippen LogP contribution in [0.2, 0.25) is 0 Å². The summed E-state index contributed by atoms with van der Waals surface area (Å²) in [6.07, 6.45) is 5.51. The monoisotopic (exact) mass is 313 g/mol. The summed E-state index contributed by atoms with van der Waals surface area (Å²) in [5.74, 6) is 0.0340. The van der Waals surface area contributed by atoms with Gasteiger partial charge in [-0.15, -0.1) is 0 Å². The first-order valence-electron chi connectivity index (χ1n) is 8.09. The zero-order valence-electron chi connectivity index (χ0n) is 13.7. The first kappa shape index (κ1) is 15.5. The van der Waals surface area contributed by atoms with Crippen LogP contribution in [0, 0.1) is 0 Å². The molecule has 1 atom stereocenters. The van der Waals surface area contributed by atoms with E-state index in [4.69, 9.17) is 0 Å². The molecule has 0 unspecified atom stereocenters. The number of benzene rings is 1. The Labute approximate surface area is 136 Å². The van der Waals surface area contributed by atoms with Crippen molar-refractivity contribution >= 4 is 11.6 Å². The van der Waals surface area contributed by atoms with Gasteiger partial charge in [-0.1, -0.05) is 18.2 Å². The molecule has 1 saturated heterocycles. The van der Waals surface area contributed by atoms with Gasteiger partial charge in [-0.25, -0.2) is 9.67 Å². The molecule has 6 nitrogen and oxygen atoms in total. The number of carbonyl (C=O) groups is 1. The minimum atomic E-state index is -0.346. The normalized spacial score (nSPS) is 15.7. The summed E-state index contributed by atoms with van der Waals surface area (Å²) in [5, 5.41) is 4.06. The van der Waals surface area contributed by atoms with Gasteiger partial charge < -0.3 is 9.80 Å². The third-order valence-electron chi connectivity index (χ3n) is 4.41. The second-order valence-corrected chi connectivity index (χ2v) is 6.07. The van der Waals surface area contributed by atoms with Gasteiger partial charge in [0.15, 0.2) is 0 Å². The summed E-state index contributed by atoms with van der Waals surface area (Å²) in [4.78, 5) is 20.7. The number of anilines is 1. The van der Waals surface area contributed by atoms with Crippen LogP contribution in [0.1, 0.15) is 31.4 Å². The number of hydrogen-bond donors (Lipinski definition) is 0. The third-order valence-corrected chi connectivity index (χ3v) is 4.41. The number of rotatable bonds is 5. The van der Waals surface area contributed by atoms with E-state index in [0.717, 1.165) is 13.1 Å². The average Bonchev–Trinajstić information content (AvgIpc) is 3.27. The highest BCUT2D eigenvalue weighted by molar-refractivity contribution is 5.79. The van der Waals surface area contributed by atoms with Crippen LogP contribution >= 0.6 is 0 Å². The van der Waals surface area contributed by atoms with Crippen LogP contribution in [0.4, 0.5) is 5.69 Å². The number of amides is 1.